The van der Waals surface area contributed by atoms with Gasteiger partial charge in [-0.1, -0.05) is 59.8 Å². The number of thioether (sulfide) groups is 1. The number of anilines is 2. The summed E-state index contributed by atoms with van der Waals surface area (Å²) >= 11 is 7.72. The van der Waals surface area contributed by atoms with E-state index < -0.39 is 5.92 Å². The molecule has 0 aliphatic carbocycles. The van der Waals surface area contributed by atoms with Crippen LogP contribution in [0.3, 0.4) is 0 Å². The quantitative estimate of drug-likeness (QED) is 0.283. The van der Waals surface area contributed by atoms with Gasteiger partial charge in [0.1, 0.15) is 0 Å². The summed E-state index contributed by atoms with van der Waals surface area (Å²) < 4.78 is 0. The summed E-state index contributed by atoms with van der Waals surface area (Å²) in [5.41, 5.74) is 3.55. The third kappa shape index (κ3) is 6.58. The van der Waals surface area contributed by atoms with Gasteiger partial charge in [-0.05, 0) is 61.9 Å². The third-order valence-corrected chi connectivity index (χ3v) is 7.42. The number of ketones is 1. The Labute approximate surface area is 235 Å². The van der Waals surface area contributed by atoms with E-state index >= 15 is 0 Å². The second kappa shape index (κ2) is 12.5. The van der Waals surface area contributed by atoms with Crippen LogP contribution in [0.25, 0.3) is 0 Å². The zero-order chi connectivity index (χ0) is 27.9. The minimum atomic E-state index is -0.738. The summed E-state index contributed by atoms with van der Waals surface area (Å²) in [5, 5.41) is 20.0. The van der Waals surface area contributed by atoms with Crippen LogP contribution in [-0.4, -0.2) is 23.4 Å². The lowest BCUT2D eigenvalue weighted by atomic mass is 9.82. The summed E-state index contributed by atoms with van der Waals surface area (Å²) in [5.74, 6) is -1.43. The summed E-state index contributed by atoms with van der Waals surface area (Å²) in [7, 11) is 0. The standard InChI is InChI=1S/C30H25ClN4O3S/c1-18-27(29(38)35-21-8-4-3-5-9-21)28(23-10-6-7-11-25(23)31)24(16-32)30(33-18)39-17-26(37)34-22-14-12-20(13-15-22)19(2)36/h3-15,28,33H,17H2,1-2H3,(H,34,37)(H,35,38). The van der Waals surface area contributed by atoms with E-state index in [1.807, 2.05) is 18.2 Å². The molecule has 1 unspecified atom stereocenters. The van der Waals surface area contributed by atoms with Gasteiger partial charge in [0.25, 0.3) is 5.91 Å². The molecule has 3 aromatic rings. The SMILES string of the molecule is CC(=O)c1ccc(NC(=O)CSC2=C(C#N)C(c3ccccc3Cl)C(C(=O)Nc3ccccc3)=C(C)N2)cc1. The number of amides is 2. The molecule has 9 heteroatoms. The topological polar surface area (TPSA) is 111 Å². The first-order valence-electron chi connectivity index (χ1n) is 12.0. The fraction of sp³-hybridized carbons (Fsp3) is 0.133. The Hall–Kier alpha value is -4.32. The molecule has 1 atom stereocenters. The van der Waals surface area contributed by atoms with Crippen LogP contribution >= 0.6 is 23.4 Å². The Bertz CT molecular complexity index is 1530. The maximum Gasteiger partial charge on any atom is 0.254 e. The second-order valence-corrected chi connectivity index (χ2v) is 10.2. The van der Waals surface area contributed by atoms with E-state index in [1.165, 1.54) is 6.92 Å². The molecule has 7 nitrogen and oxygen atoms in total. The highest BCUT2D eigenvalue weighted by molar-refractivity contribution is 8.03. The number of benzene rings is 3. The second-order valence-electron chi connectivity index (χ2n) is 8.76. The van der Waals surface area contributed by atoms with Gasteiger partial charge in [0.05, 0.1) is 28.3 Å². The van der Waals surface area contributed by atoms with Gasteiger partial charge >= 0.3 is 0 Å². The third-order valence-electron chi connectivity index (χ3n) is 6.06. The van der Waals surface area contributed by atoms with Gasteiger partial charge < -0.3 is 16.0 Å². The number of para-hydroxylation sites is 1. The molecule has 1 aliphatic rings. The Morgan fingerprint density at radius 2 is 1.59 bits per heavy atom. The van der Waals surface area contributed by atoms with Gasteiger partial charge in [-0.3, -0.25) is 14.4 Å². The maximum atomic E-state index is 13.5. The molecule has 0 bridgehead atoms. The first-order chi connectivity index (χ1) is 18.8. The Morgan fingerprint density at radius 1 is 0.949 bits per heavy atom. The van der Waals surface area contributed by atoms with Crippen LogP contribution in [0.5, 0.6) is 0 Å². The lowest BCUT2D eigenvalue weighted by Crippen LogP contribution is -2.31. The molecule has 196 valence electrons. The summed E-state index contributed by atoms with van der Waals surface area (Å²) in [6.07, 6.45) is 0. The van der Waals surface area contributed by atoms with Crippen molar-refractivity contribution in [1.82, 2.24) is 5.32 Å². The largest absolute Gasteiger partial charge is 0.353 e. The van der Waals surface area contributed by atoms with E-state index in [0.717, 1.165) is 11.8 Å². The lowest BCUT2D eigenvalue weighted by molar-refractivity contribution is -0.114. The van der Waals surface area contributed by atoms with E-state index in [4.69, 9.17) is 11.6 Å². The Morgan fingerprint density at radius 3 is 2.23 bits per heavy atom. The zero-order valence-electron chi connectivity index (χ0n) is 21.2. The highest BCUT2D eigenvalue weighted by atomic mass is 35.5. The van der Waals surface area contributed by atoms with E-state index in [1.54, 1.807) is 67.6 Å². The molecule has 3 aromatic carbocycles. The minimum absolute atomic E-state index is 0.00996. The lowest BCUT2D eigenvalue weighted by Gasteiger charge is -2.30. The van der Waals surface area contributed by atoms with Crippen LogP contribution in [0.2, 0.25) is 5.02 Å². The van der Waals surface area contributed by atoms with Crippen LogP contribution in [0.15, 0.2) is 101 Å². The van der Waals surface area contributed by atoms with Crippen LogP contribution in [0.4, 0.5) is 11.4 Å². The van der Waals surface area contributed by atoms with Crippen LogP contribution in [0.1, 0.15) is 35.7 Å². The number of carbonyl (C=O) groups excluding carboxylic acids is 3. The van der Waals surface area contributed by atoms with Gasteiger partial charge in [-0.2, -0.15) is 5.26 Å². The molecule has 1 aliphatic heterocycles. The molecule has 4 rings (SSSR count). The molecule has 0 fully saturated rings. The number of carbonyl (C=O) groups is 3. The molecule has 2 amide bonds. The average molecular weight is 557 g/mol. The Balaban J connectivity index is 1.60. The molecule has 1 heterocycles. The number of allylic oxidation sites excluding steroid dienone is 2. The first kappa shape index (κ1) is 27.7. The minimum Gasteiger partial charge on any atom is -0.353 e. The first-order valence-corrected chi connectivity index (χ1v) is 13.4. The van der Waals surface area contributed by atoms with Gasteiger partial charge in [0.15, 0.2) is 5.78 Å². The number of nitriles is 1. The molecular formula is C30H25ClN4O3S. The average Bonchev–Trinajstić information content (AvgIpc) is 2.92. The van der Waals surface area contributed by atoms with Crippen molar-refractivity contribution in [1.29, 1.82) is 5.26 Å². The molecular weight excluding hydrogens is 532 g/mol. The van der Waals surface area contributed by atoms with E-state index in [9.17, 15) is 19.6 Å². The van der Waals surface area contributed by atoms with Crippen molar-refractivity contribution < 1.29 is 14.4 Å². The molecule has 39 heavy (non-hydrogen) atoms. The maximum absolute atomic E-state index is 13.5. The van der Waals surface area contributed by atoms with Crippen LogP contribution < -0.4 is 16.0 Å². The monoisotopic (exact) mass is 556 g/mol. The number of hydrogen-bond acceptors (Lipinski definition) is 6. The zero-order valence-corrected chi connectivity index (χ0v) is 22.8. The number of rotatable bonds is 8. The van der Waals surface area contributed by atoms with E-state index in [0.29, 0.717) is 43.8 Å². The number of dihydropyridines is 1. The van der Waals surface area contributed by atoms with Gasteiger partial charge in [-0.15, -0.1) is 0 Å². The number of Topliss-reactive ketones (excluding diaryl/α,β-unsaturated/α-hetero) is 1. The predicted molar refractivity (Wildman–Crippen MR) is 155 cm³/mol. The highest BCUT2D eigenvalue weighted by Crippen LogP contribution is 2.43. The van der Waals surface area contributed by atoms with Crippen molar-refractivity contribution in [3.8, 4) is 6.07 Å². The number of halogens is 1. The number of nitrogens with one attached hydrogen (secondary N) is 3. The molecule has 0 spiro atoms. The van der Waals surface area contributed by atoms with Crippen molar-refractivity contribution >= 4 is 52.3 Å². The molecule has 0 radical (unpaired) electrons. The van der Waals surface area contributed by atoms with Crippen LogP contribution in [0, 0.1) is 11.3 Å². The summed E-state index contributed by atoms with van der Waals surface area (Å²) in [6, 6.07) is 25.0. The van der Waals surface area contributed by atoms with E-state index in [-0.39, 0.29) is 28.9 Å². The van der Waals surface area contributed by atoms with Crippen molar-refractivity contribution in [2.45, 2.75) is 19.8 Å². The van der Waals surface area contributed by atoms with Crippen molar-refractivity contribution in [3.05, 3.63) is 117 Å². The predicted octanol–water partition coefficient (Wildman–Crippen LogP) is 6.25. The Kier molecular flexibility index (Phi) is 8.87. The van der Waals surface area contributed by atoms with Crippen molar-refractivity contribution in [2.24, 2.45) is 0 Å². The highest BCUT2D eigenvalue weighted by Gasteiger charge is 2.36. The van der Waals surface area contributed by atoms with Crippen molar-refractivity contribution in [3.63, 3.8) is 0 Å². The van der Waals surface area contributed by atoms with Crippen molar-refractivity contribution in [2.75, 3.05) is 16.4 Å². The van der Waals surface area contributed by atoms with E-state index in [2.05, 4.69) is 22.0 Å². The number of hydrogen-bond donors (Lipinski definition) is 3. The molecule has 0 saturated heterocycles. The molecule has 0 saturated carbocycles. The summed E-state index contributed by atoms with van der Waals surface area (Å²) in [4.78, 5) is 37.7. The normalized spacial score (nSPS) is 14.8. The van der Waals surface area contributed by atoms with Crippen LogP contribution in [-0.2, 0) is 9.59 Å². The smallest absolute Gasteiger partial charge is 0.254 e. The fourth-order valence-corrected chi connectivity index (χ4v) is 5.33. The van der Waals surface area contributed by atoms with Gasteiger partial charge in [0, 0.05) is 33.2 Å². The molecule has 0 aromatic heterocycles. The summed E-state index contributed by atoms with van der Waals surface area (Å²) in [6.45, 7) is 3.24. The fourth-order valence-electron chi connectivity index (χ4n) is 4.19. The van der Waals surface area contributed by atoms with Gasteiger partial charge in [-0.25, -0.2) is 0 Å². The number of nitrogens with zero attached hydrogens (tertiary/aromatic N) is 1. The van der Waals surface area contributed by atoms with Gasteiger partial charge in [0.2, 0.25) is 5.91 Å². The molecule has 3 N–H and O–H groups in total.